The molecule has 6 heteroatoms. The lowest BCUT2D eigenvalue weighted by Crippen LogP contribution is -2.21. The van der Waals surface area contributed by atoms with Crippen LogP contribution in [0, 0.1) is 6.92 Å². The molecule has 124 valence electrons. The Labute approximate surface area is 144 Å². The summed E-state index contributed by atoms with van der Waals surface area (Å²) in [6.07, 6.45) is 3.43. The number of hydrogen-bond acceptors (Lipinski definition) is 4. The van der Waals surface area contributed by atoms with Gasteiger partial charge in [0.2, 0.25) is 0 Å². The van der Waals surface area contributed by atoms with Gasteiger partial charge in [-0.15, -0.1) is 5.10 Å². The van der Waals surface area contributed by atoms with Crippen molar-refractivity contribution in [3.8, 4) is 0 Å². The third-order valence-electron chi connectivity index (χ3n) is 4.09. The third kappa shape index (κ3) is 3.19. The summed E-state index contributed by atoms with van der Waals surface area (Å²) < 4.78 is 3.34. The Morgan fingerprint density at radius 2 is 1.88 bits per heavy atom. The highest BCUT2D eigenvalue weighted by Crippen LogP contribution is 2.09. The van der Waals surface area contributed by atoms with E-state index < -0.39 is 0 Å². The molecule has 4 aromatic rings. The highest BCUT2D eigenvalue weighted by molar-refractivity contribution is 5.77. The van der Waals surface area contributed by atoms with E-state index in [9.17, 15) is 4.79 Å². The number of benzene rings is 2. The molecule has 0 saturated carbocycles. The van der Waals surface area contributed by atoms with Crippen LogP contribution in [-0.2, 0) is 13.1 Å². The van der Waals surface area contributed by atoms with Gasteiger partial charge in [-0.2, -0.15) is 0 Å². The van der Waals surface area contributed by atoms with Crippen molar-refractivity contribution in [1.29, 1.82) is 0 Å². The summed E-state index contributed by atoms with van der Waals surface area (Å²) in [5.41, 5.74) is 3.56. The van der Waals surface area contributed by atoms with Crippen molar-refractivity contribution >= 4 is 10.9 Å². The maximum absolute atomic E-state index is 12.7. The van der Waals surface area contributed by atoms with Crippen molar-refractivity contribution < 1.29 is 0 Å². The lowest BCUT2D eigenvalue weighted by Gasteiger charge is -2.05. The molecule has 25 heavy (non-hydrogen) atoms. The maximum atomic E-state index is 12.7. The molecule has 2 heterocycles. The molecule has 0 aliphatic rings. The van der Waals surface area contributed by atoms with Gasteiger partial charge in [0.25, 0.3) is 5.56 Å². The zero-order chi connectivity index (χ0) is 17.2. The van der Waals surface area contributed by atoms with Crippen LogP contribution in [0.1, 0.15) is 16.8 Å². The van der Waals surface area contributed by atoms with Crippen LogP contribution in [0.25, 0.3) is 10.9 Å². The molecule has 0 spiro atoms. The van der Waals surface area contributed by atoms with Crippen molar-refractivity contribution in [2.75, 3.05) is 0 Å². The predicted octanol–water partition coefficient (Wildman–Crippen LogP) is 2.39. The van der Waals surface area contributed by atoms with Gasteiger partial charge in [-0.05, 0) is 24.6 Å². The summed E-state index contributed by atoms with van der Waals surface area (Å²) in [5.74, 6) is 0. The first kappa shape index (κ1) is 15.3. The van der Waals surface area contributed by atoms with Gasteiger partial charge in [-0.3, -0.25) is 9.36 Å². The lowest BCUT2D eigenvalue weighted by atomic mass is 10.2. The van der Waals surface area contributed by atoms with Crippen LogP contribution in [0.15, 0.2) is 65.8 Å². The van der Waals surface area contributed by atoms with E-state index in [4.69, 9.17) is 0 Å². The molecule has 0 bridgehead atoms. The second-order valence-electron chi connectivity index (χ2n) is 6.09. The summed E-state index contributed by atoms with van der Waals surface area (Å²) in [4.78, 5) is 17.0. The first-order chi connectivity index (χ1) is 12.2. The van der Waals surface area contributed by atoms with Crippen LogP contribution >= 0.6 is 0 Å². The van der Waals surface area contributed by atoms with Crippen LogP contribution in [0.2, 0.25) is 0 Å². The van der Waals surface area contributed by atoms with Gasteiger partial charge < -0.3 is 0 Å². The standard InChI is InChI=1S/C19H17N5O/c1-14-7-8-18-17(9-14)19(25)23(13-20-18)11-16-12-24(22-21-16)10-15-5-3-2-4-6-15/h2-9,12-13H,10-11H2,1H3. The molecule has 0 saturated heterocycles. The smallest absolute Gasteiger partial charge is 0.261 e. The van der Waals surface area contributed by atoms with E-state index in [1.165, 1.54) is 0 Å². The van der Waals surface area contributed by atoms with Gasteiger partial charge in [0.15, 0.2) is 0 Å². The maximum Gasteiger partial charge on any atom is 0.261 e. The van der Waals surface area contributed by atoms with Crippen molar-refractivity contribution in [1.82, 2.24) is 24.5 Å². The van der Waals surface area contributed by atoms with Gasteiger partial charge in [0.1, 0.15) is 5.69 Å². The van der Waals surface area contributed by atoms with Gasteiger partial charge in [0, 0.05) is 0 Å². The molecule has 0 atom stereocenters. The molecule has 0 amide bonds. The molecule has 0 aliphatic carbocycles. The summed E-state index contributed by atoms with van der Waals surface area (Å²) in [7, 11) is 0. The number of fused-ring (bicyclic) bond motifs is 1. The normalized spacial score (nSPS) is 11.1. The highest BCUT2D eigenvalue weighted by atomic mass is 16.1. The second kappa shape index (κ2) is 6.32. The van der Waals surface area contributed by atoms with E-state index >= 15 is 0 Å². The van der Waals surface area contributed by atoms with E-state index in [1.807, 2.05) is 61.7 Å². The highest BCUT2D eigenvalue weighted by Gasteiger charge is 2.07. The van der Waals surface area contributed by atoms with Crippen LogP contribution in [0.3, 0.4) is 0 Å². The molecular formula is C19H17N5O. The van der Waals surface area contributed by atoms with Crippen LogP contribution < -0.4 is 5.56 Å². The van der Waals surface area contributed by atoms with Crippen molar-refractivity contribution in [3.63, 3.8) is 0 Å². The summed E-state index contributed by atoms with van der Waals surface area (Å²) >= 11 is 0. The zero-order valence-corrected chi connectivity index (χ0v) is 13.8. The largest absolute Gasteiger partial charge is 0.293 e. The molecule has 4 rings (SSSR count). The number of hydrogen-bond donors (Lipinski definition) is 0. The fourth-order valence-electron chi connectivity index (χ4n) is 2.82. The second-order valence-corrected chi connectivity index (χ2v) is 6.09. The quantitative estimate of drug-likeness (QED) is 0.576. The minimum absolute atomic E-state index is 0.0636. The van der Waals surface area contributed by atoms with Crippen LogP contribution in [-0.4, -0.2) is 24.5 Å². The van der Waals surface area contributed by atoms with E-state index in [0.29, 0.717) is 24.0 Å². The van der Waals surface area contributed by atoms with E-state index in [-0.39, 0.29) is 5.56 Å². The van der Waals surface area contributed by atoms with Gasteiger partial charge in [-0.1, -0.05) is 47.2 Å². The fraction of sp³-hybridized carbons (Fsp3) is 0.158. The summed E-state index contributed by atoms with van der Waals surface area (Å²) in [6.45, 7) is 2.97. The van der Waals surface area contributed by atoms with E-state index in [2.05, 4.69) is 15.3 Å². The molecule has 0 radical (unpaired) electrons. The third-order valence-corrected chi connectivity index (χ3v) is 4.09. The first-order valence-electron chi connectivity index (χ1n) is 8.08. The molecule has 2 aromatic carbocycles. The number of aryl methyl sites for hydroxylation is 1. The Balaban J connectivity index is 1.59. The Morgan fingerprint density at radius 3 is 2.72 bits per heavy atom. The average molecular weight is 331 g/mol. The predicted molar refractivity (Wildman–Crippen MR) is 95.4 cm³/mol. The van der Waals surface area contributed by atoms with E-state index in [0.717, 1.165) is 16.8 Å². The topological polar surface area (TPSA) is 65.6 Å². The number of rotatable bonds is 4. The fourth-order valence-corrected chi connectivity index (χ4v) is 2.82. The van der Waals surface area contributed by atoms with Gasteiger partial charge in [0.05, 0.1) is 36.5 Å². The minimum atomic E-state index is -0.0636. The van der Waals surface area contributed by atoms with Gasteiger partial charge >= 0.3 is 0 Å². The molecule has 0 N–H and O–H groups in total. The Kier molecular flexibility index (Phi) is 3.85. The lowest BCUT2D eigenvalue weighted by molar-refractivity contribution is 0.648. The number of nitrogens with zero attached hydrogens (tertiary/aromatic N) is 5. The first-order valence-corrected chi connectivity index (χ1v) is 8.08. The minimum Gasteiger partial charge on any atom is -0.293 e. The molecular weight excluding hydrogens is 314 g/mol. The Hall–Kier alpha value is -3.28. The van der Waals surface area contributed by atoms with E-state index in [1.54, 1.807) is 15.6 Å². The molecule has 0 fully saturated rings. The molecule has 2 aromatic heterocycles. The average Bonchev–Trinajstić information content (AvgIpc) is 3.06. The van der Waals surface area contributed by atoms with Crippen molar-refractivity contribution in [3.05, 3.63) is 88.2 Å². The zero-order valence-electron chi connectivity index (χ0n) is 13.8. The molecule has 6 nitrogen and oxygen atoms in total. The Morgan fingerprint density at radius 1 is 1.04 bits per heavy atom. The monoisotopic (exact) mass is 331 g/mol. The van der Waals surface area contributed by atoms with Crippen molar-refractivity contribution in [2.45, 2.75) is 20.0 Å². The number of aromatic nitrogens is 5. The van der Waals surface area contributed by atoms with Crippen molar-refractivity contribution in [2.24, 2.45) is 0 Å². The Bertz CT molecular complexity index is 1080. The van der Waals surface area contributed by atoms with Crippen LogP contribution in [0.5, 0.6) is 0 Å². The van der Waals surface area contributed by atoms with Crippen LogP contribution in [0.4, 0.5) is 0 Å². The van der Waals surface area contributed by atoms with Gasteiger partial charge in [-0.25, -0.2) is 9.67 Å². The SMILES string of the molecule is Cc1ccc2ncn(Cc3cn(Cc4ccccc4)nn3)c(=O)c2c1. The molecule has 0 aliphatic heterocycles. The summed E-state index contributed by atoms with van der Waals surface area (Å²) in [5, 5.41) is 8.94. The molecule has 0 unspecified atom stereocenters. The summed E-state index contributed by atoms with van der Waals surface area (Å²) in [6, 6.07) is 15.7.